The van der Waals surface area contributed by atoms with E-state index in [1.54, 1.807) is 25.1 Å². The van der Waals surface area contributed by atoms with Gasteiger partial charge in [0.15, 0.2) is 5.13 Å². The molecule has 1 aromatic heterocycles. The highest BCUT2D eigenvalue weighted by Crippen LogP contribution is 2.27. The third kappa shape index (κ3) is 4.17. The number of esters is 1. The Kier molecular flexibility index (Phi) is 5.36. The van der Waals surface area contributed by atoms with Crippen molar-refractivity contribution in [3.8, 4) is 0 Å². The third-order valence-electron chi connectivity index (χ3n) is 2.91. The molecule has 0 unspecified atom stereocenters. The molecule has 0 saturated carbocycles. The van der Waals surface area contributed by atoms with E-state index in [1.807, 2.05) is 6.92 Å². The molecule has 0 amide bonds. The Labute approximate surface area is 133 Å². The first-order valence-corrected chi connectivity index (χ1v) is 9.50. The van der Waals surface area contributed by atoms with Crippen molar-refractivity contribution < 1.29 is 17.9 Å². The smallest absolute Gasteiger partial charge is 0.338 e. The molecule has 0 fully saturated rings. The topological polar surface area (TPSA) is 85.4 Å². The number of carbonyl (C=O) groups is 1. The first kappa shape index (κ1) is 16.7. The number of ether oxygens (including phenoxy) is 1. The van der Waals surface area contributed by atoms with E-state index >= 15 is 0 Å². The van der Waals surface area contributed by atoms with Gasteiger partial charge in [0.25, 0.3) is 0 Å². The molecular weight excluding hydrogens is 324 g/mol. The van der Waals surface area contributed by atoms with Crippen LogP contribution in [0.4, 0.5) is 5.13 Å². The van der Waals surface area contributed by atoms with E-state index in [4.69, 9.17) is 4.74 Å². The predicted molar refractivity (Wildman–Crippen MR) is 87.9 cm³/mol. The molecule has 0 radical (unpaired) electrons. The fourth-order valence-corrected chi connectivity index (χ4v) is 4.21. The molecule has 0 atom stereocenters. The highest BCUT2D eigenvalue weighted by atomic mass is 32.2. The SMILES string of the molecule is CCCCS(=O)(=O)Nc1nc2ccc(C(=O)OCC)cc2s1. The van der Waals surface area contributed by atoms with Crippen LogP contribution >= 0.6 is 11.3 Å². The Hall–Kier alpha value is -1.67. The van der Waals surface area contributed by atoms with Gasteiger partial charge >= 0.3 is 5.97 Å². The minimum atomic E-state index is -3.37. The van der Waals surface area contributed by atoms with Crippen LogP contribution < -0.4 is 4.72 Å². The Bertz CT molecular complexity index is 768. The summed E-state index contributed by atoms with van der Waals surface area (Å²) in [6, 6.07) is 4.96. The normalized spacial score (nSPS) is 11.5. The molecule has 0 bridgehead atoms. The zero-order chi connectivity index (χ0) is 16.2. The highest BCUT2D eigenvalue weighted by Gasteiger charge is 2.14. The van der Waals surface area contributed by atoms with Crippen LogP contribution in [-0.4, -0.2) is 31.7 Å². The zero-order valence-electron chi connectivity index (χ0n) is 12.5. The second kappa shape index (κ2) is 7.06. The van der Waals surface area contributed by atoms with Crippen LogP contribution in [0.1, 0.15) is 37.0 Å². The second-order valence-corrected chi connectivity index (χ2v) is 7.57. The monoisotopic (exact) mass is 342 g/mol. The van der Waals surface area contributed by atoms with E-state index in [2.05, 4.69) is 9.71 Å². The Morgan fingerprint density at radius 3 is 2.82 bits per heavy atom. The number of nitrogens with zero attached hydrogens (tertiary/aromatic N) is 1. The lowest BCUT2D eigenvalue weighted by atomic mass is 10.2. The van der Waals surface area contributed by atoms with Gasteiger partial charge in [-0.05, 0) is 31.5 Å². The van der Waals surface area contributed by atoms with Gasteiger partial charge in [0.1, 0.15) is 0 Å². The van der Waals surface area contributed by atoms with Crippen LogP contribution in [0.25, 0.3) is 10.2 Å². The molecule has 1 heterocycles. The van der Waals surface area contributed by atoms with Crippen molar-refractivity contribution >= 4 is 42.7 Å². The number of hydrogen-bond acceptors (Lipinski definition) is 6. The molecule has 1 aromatic carbocycles. The molecule has 0 aliphatic carbocycles. The summed E-state index contributed by atoms with van der Waals surface area (Å²) in [7, 11) is -3.37. The molecule has 1 N–H and O–H groups in total. The van der Waals surface area contributed by atoms with Crippen molar-refractivity contribution in [3.63, 3.8) is 0 Å². The van der Waals surface area contributed by atoms with Crippen molar-refractivity contribution in [2.45, 2.75) is 26.7 Å². The van der Waals surface area contributed by atoms with Gasteiger partial charge in [-0.25, -0.2) is 18.2 Å². The maximum atomic E-state index is 11.9. The average Bonchev–Trinajstić information content (AvgIpc) is 2.85. The number of benzene rings is 1. The van der Waals surface area contributed by atoms with E-state index in [-0.39, 0.29) is 5.75 Å². The Morgan fingerprint density at radius 2 is 2.14 bits per heavy atom. The number of anilines is 1. The molecular formula is C14H18N2O4S2. The van der Waals surface area contributed by atoms with Crippen molar-refractivity contribution in [2.24, 2.45) is 0 Å². The third-order valence-corrected chi connectivity index (χ3v) is 5.30. The Balaban J connectivity index is 2.22. The molecule has 2 rings (SSSR count). The number of nitrogens with one attached hydrogen (secondary N) is 1. The van der Waals surface area contributed by atoms with Gasteiger partial charge in [-0.2, -0.15) is 0 Å². The number of aromatic nitrogens is 1. The number of hydrogen-bond donors (Lipinski definition) is 1. The van der Waals surface area contributed by atoms with Crippen LogP contribution in [-0.2, 0) is 14.8 Å². The largest absolute Gasteiger partial charge is 0.462 e. The van der Waals surface area contributed by atoms with Gasteiger partial charge in [0.2, 0.25) is 10.0 Å². The first-order chi connectivity index (χ1) is 10.4. The summed E-state index contributed by atoms with van der Waals surface area (Å²) in [5.41, 5.74) is 1.07. The number of rotatable bonds is 7. The van der Waals surface area contributed by atoms with Crippen LogP contribution in [0.2, 0.25) is 0 Å². The summed E-state index contributed by atoms with van der Waals surface area (Å²) in [6.07, 6.45) is 1.41. The lowest BCUT2D eigenvalue weighted by molar-refractivity contribution is 0.0526. The fourth-order valence-electron chi connectivity index (χ4n) is 1.83. The number of thiazole rings is 1. The summed E-state index contributed by atoms with van der Waals surface area (Å²) < 4.78 is 31.9. The minimum absolute atomic E-state index is 0.0769. The summed E-state index contributed by atoms with van der Waals surface area (Å²) in [4.78, 5) is 15.9. The van der Waals surface area contributed by atoms with Gasteiger partial charge in [-0.1, -0.05) is 24.7 Å². The molecule has 0 saturated heterocycles. The molecule has 8 heteroatoms. The summed E-state index contributed by atoms with van der Waals surface area (Å²) in [5.74, 6) is -0.323. The van der Waals surface area contributed by atoms with E-state index in [1.165, 1.54) is 11.3 Å². The Morgan fingerprint density at radius 1 is 1.36 bits per heavy atom. The second-order valence-electron chi connectivity index (χ2n) is 4.70. The quantitative estimate of drug-likeness (QED) is 0.782. The standard InChI is InChI=1S/C14H18N2O4S2/c1-3-5-8-22(18,19)16-14-15-11-7-6-10(9-12(11)21-14)13(17)20-4-2/h6-7,9H,3-5,8H2,1-2H3,(H,15,16). The van der Waals surface area contributed by atoms with Gasteiger partial charge in [-0.15, -0.1) is 0 Å². The highest BCUT2D eigenvalue weighted by molar-refractivity contribution is 7.92. The summed E-state index contributed by atoms with van der Waals surface area (Å²) in [5, 5.41) is 0.312. The van der Waals surface area contributed by atoms with Crippen molar-refractivity contribution in [2.75, 3.05) is 17.1 Å². The van der Waals surface area contributed by atoms with E-state index in [0.717, 1.165) is 11.1 Å². The first-order valence-electron chi connectivity index (χ1n) is 7.03. The molecule has 22 heavy (non-hydrogen) atoms. The molecule has 0 aliphatic heterocycles. The maximum Gasteiger partial charge on any atom is 0.338 e. The molecule has 0 spiro atoms. The predicted octanol–water partition coefficient (Wildman–Crippen LogP) is 3.01. The van der Waals surface area contributed by atoms with Crippen LogP contribution in [0.15, 0.2) is 18.2 Å². The van der Waals surface area contributed by atoms with E-state index in [9.17, 15) is 13.2 Å². The van der Waals surface area contributed by atoms with Crippen LogP contribution in [0.5, 0.6) is 0 Å². The number of sulfonamides is 1. The molecule has 120 valence electrons. The van der Waals surface area contributed by atoms with Gasteiger partial charge in [0, 0.05) is 0 Å². The van der Waals surface area contributed by atoms with Crippen LogP contribution in [0, 0.1) is 0 Å². The molecule has 2 aromatic rings. The van der Waals surface area contributed by atoms with Crippen LogP contribution in [0.3, 0.4) is 0 Å². The number of carbonyl (C=O) groups excluding carboxylic acids is 1. The lowest BCUT2D eigenvalue weighted by Crippen LogP contribution is -2.16. The van der Waals surface area contributed by atoms with Gasteiger partial charge < -0.3 is 4.74 Å². The van der Waals surface area contributed by atoms with Crippen molar-refractivity contribution in [3.05, 3.63) is 23.8 Å². The lowest BCUT2D eigenvalue weighted by Gasteiger charge is -2.02. The number of unbranched alkanes of at least 4 members (excludes halogenated alkanes) is 1. The maximum absolute atomic E-state index is 11.9. The fraction of sp³-hybridized carbons (Fsp3) is 0.429. The van der Waals surface area contributed by atoms with Crippen molar-refractivity contribution in [1.82, 2.24) is 4.98 Å². The summed E-state index contributed by atoms with van der Waals surface area (Å²) >= 11 is 1.20. The van der Waals surface area contributed by atoms with E-state index < -0.39 is 16.0 Å². The summed E-state index contributed by atoms with van der Waals surface area (Å²) in [6.45, 7) is 3.98. The average molecular weight is 342 g/mol. The van der Waals surface area contributed by atoms with E-state index in [0.29, 0.717) is 29.2 Å². The zero-order valence-corrected chi connectivity index (χ0v) is 14.1. The van der Waals surface area contributed by atoms with Gasteiger partial charge in [0.05, 0.1) is 28.1 Å². The molecule has 0 aliphatic rings. The minimum Gasteiger partial charge on any atom is -0.462 e. The number of fused-ring (bicyclic) bond motifs is 1. The van der Waals surface area contributed by atoms with Gasteiger partial charge in [-0.3, -0.25) is 4.72 Å². The molecule has 6 nitrogen and oxygen atoms in total. The van der Waals surface area contributed by atoms with Crippen molar-refractivity contribution in [1.29, 1.82) is 0 Å².